The highest BCUT2D eigenvalue weighted by Gasteiger charge is 2.50. The molecule has 0 aromatic carbocycles. The molecule has 0 spiro atoms. The highest BCUT2D eigenvalue weighted by Crippen LogP contribution is 2.30. The Kier molecular flexibility index (Phi) is 7.48. The molecular formula is C15H25F3N6O2S. The van der Waals surface area contributed by atoms with Crippen molar-refractivity contribution in [2.24, 2.45) is 10.9 Å². The summed E-state index contributed by atoms with van der Waals surface area (Å²) in [6.07, 6.45) is 6.99. The summed E-state index contributed by atoms with van der Waals surface area (Å²) in [5.74, 6) is 0.708. The van der Waals surface area contributed by atoms with E-state index in [-0.39, 0.29) is 19.0 Å². The lowest BCUT2D eigenvalue weighted by Gasteiger charge is -2.31. The molecule has 154 valence electrons. The molecule has 27 heavy (non-hydrogen) atoms. The van der Waals surface area contributed by atoms with E-state index in [1.165, 1.54) is 0 Å². The van der Waals surface area contributed by atoms with Gasteiger partial charge in [-0.2, -0.15) is 17.5 Å². The number of halogens is 3. The van der Waals surface area contributed by atoms with Gasteiger partial charge >= 0.3 is 15.5 Å². The number of aryl methyl sites for hydroxylation is 1. The van der Waals surface area contributed by atoms with Crippen LogP contribution in [-0.2, 0) is 16.6 Å². The molecule has 2 rings (SSSR count). The maximum atomic E-state index is 12.6. The summed E-state index contributed by atoms with van der Waals surface area (Å²) in [7, 11) is -3.58. The molecule has 0 bridgehead atoms. The number of hydrogen-bond acceptors (Lipinski definition) is 4. The highest BCUT2D eigenvalue weighted by atomic mass is 32.2. The van der Waals surface area contributed by atoms with Crippen LogP contribution in [0.5, 0.6) is 0 Å². The largest absolute Gasteiger partial charge is 0.511 e. The first-order chi connectivity index (χ1) is 12.7. The highest BCUT2D eigenvalue weighted by molar-refractivity contribution is 7.90. The maximum Gasteiger partial charge on any atom is 0.511 e. The number of piperidine rings is 1. The summed E-state index contributed by atoms with van der Waals surface area (Å²) in [6.45, 7) is 1.83. The van der Waals surface area contributed by atoms with Crippen molar-refractivity contribution in [1.82, 2.24) is 24.5 Å². The smallest absolute Gasteiger partial charge is 0.356 e. The minimum atomic E-state index is -5.24. The molecule has 0 aliphatic carbocycles. The average molecular weight is 410 g/mol. The topological polar surface area (TPSA) is 91.6 Å². The first-order valence-electron chi connectivity index (χ1n) is 8.70. The van der Waals surface area contributed by atoms with Gasteiger partial charge in [0.25, 0.3) is 0 Å². The normalized spacial score (nSPS) is 17.9. The van der Waals surface area contributed by atoms with Crippen molar-refractivity contribution in [3.8, 4) is 0 Å². The lowest BCUT2D eigenvalue weighted by Crippen LogP contribution is -2.47. The number of aliphatic imine (C=N–C) groups is 1. The van der Waals surface area contributed by atoms with Crippen LogP contribution in [0.4, 0.5) is 13.2 Å². The summed E-state index contributed by atoms with van der Waals surface area (Å²) in [4.78, 5) is 8.08. The number of imidazole rings is 1. The third kappa shape index (κ3) is 6.09. The van der Waals surface area contributed by atoms with E-state index in [1.807, 2.05) is 10.8 Å². The van der Waals surface area contributed by atoms with Crippen LogP contribution in [0.2, 0.25) is 0 Å². The molecule has 1 aromatic heterocycles. The molecule has 0 atom stereocenters. The fourth-order valence-corrected chi connectivity index (χ4v) is 3.83. The van der Waals surface area contributed by atoms with Crippen LogP contribution in [0.15, 0.2) is 23.7 Å². The molecule has 1 aromatic rings. The zero-order chi connectivity index (χ0) is 19.9. The Morgan fingerprint density at radius 2 is 2.00 bits per heavy atom. The molecule has 0 amide bonds. The standard InChI is InChI=1S/C15H25F3N6O2S/c1-19-14(21-5-2-7-23-10-6-20-12-23)22-11-13-3-8-24(9-4-13)27(25,26)15(16,17)18/h6,10,12-13H,2-5,7-9,11H2,1H3,(H2,19,21,22). The second-order valence-corrected chi connectivity index (χ2v) is 8.26. The van der Waals surface area contributed by atoms with Gasteiger partial charge in [-0.1, -0.05) is 0 Å². The molecule has 1 aliphatic rings. The quantitative estimate of drug-likeness (QED) is 0.398. The van der Waals surface area contributed by atoms with Crippen molar-refractivity contribution in [1.29, 1.82) is 0 Å². The second kappa shape index (κ2) is 9.40. The number of nitrogens with one attached hydrogen (secondary N) is 2. The minimum absolute atomic E-state index is 0.0918. The van der Waals surface area contributed by atoms with Gasteiger partial charge in [0, 0.05) is 52.2 Å². The number of sulfonamides is 1. The third-order valence-electron chi connectivity index (χ3n) is 4.43. The Bertz CT molecular complexity index is 698. The van der Waals surface area contributed by atoms with Crippen LogP contribution < -0.4 is 10.6 Å². The zero-order valence-corrected chi connectivity index (χ0v) is 15.9. The van der Waals surface area contributed by atoms with Crippen molar-refractivity contribution in [2.45, 2.75) is 31.3 Å². The number of aromatic nitrogens is 2. The second-order valence-electron chi connectivity index (χ2n) is 6.33. The van der Waals surface area contributed by atoms with Crippen LogP contribution in [0.3, 0.4) is 0 Å². The van der Waals surface area contributed by atoms with E-state index >= 15 is 0 Å². The molecule has 0 radical (unpaired) electrons. The van der Waals surface area contributed by atoms with E-state index in [0.29, 0.717) is 36.2 Å². The lowest BCUT2D eigenvalue weighted by atomic mass is 9.98. The SMILES string of the molecule is CN=C(NCCCn1ccnc1)NCC1CCN(S(=O)(=O)C(F)(F)F)CC1. The van der Waals surface area contributed by atoms with E-state index in [0.717, 1.165) is 13.0 Å². The van der Waals surface area contributed by atoms with E-state index in [2.05, 4.69) is 20.6 Å². The van der Waals surface area contributed by atoms with Crippen molar-refractivity contribution in [2.75, 3.05) is 33.2 Å². The monoisotopic (exact) mass is 410 g/mol. The number of alkyl halides is 3. The van der Waals surface area contributed by atoms with Gasteiger partial charge in [-0.3, -0.25) is 4.99 Å². The van der Waals surface area contributed by atoms with Gasteiger partial charge in [0.1, 0.15) is 0 Å². The summed E-state index contributed by atoms with van der Waals surface area (Å²) < 4.78 is 63.1. The average Bonchev–Trinajstić information content (AvgIpc) is 3.14. The molecule has 0 unspecified atom stereocenters. The Morgan fingerprint density at radius 3 is 2.56 bits per heavy atom. The summed E-state index contributed by atoms with van der Waals surface area (Å²) in [5.41, 5.74) is -5.24. The van der Waals surface area contributed by atoms with Crippen molar-refractivity contribution in [3.63, 3.8) is 0 Å². The van der Waals surface area contributed by atoms with Crippen molar-refractivity contribution in [3.05, 3.63) is 18.7 Å². The molecule has 1 fully saturated rings. The zero-order valence-electron chi connectivity index (χ0n) is 15.1. The maximum absolute atomic E-state index is 12.6. The van der Waals surface area contributed by atoms with Crippen LogP contribution in [0.25, 0.3) is 0 Å². The van der Waals surface area contributed by atoms with Crippen LogP contribution in [-0.4, -0.2) is 67.0 Å². The van der Waals surface area contributed by atoms with Gasteiger partial charge < -0.3 is 15.2 Å². The van der Waals surface area contributed by atoms with E-state index in [1.54, 1.807) is 19.6 Å². The molecule has 2 N–H and O–H groups in total. The fourth-order valence-electron chi connectivity index (χ4n) is 2.85. The number of hydrogen-bond donors (Lipinski definition) is 2. The van der Waals surface area contributed by atoms with Gasteiger partial charge in [-0.05, 0) is 25.2 Å². The Morgan fingerprint density at radius 1 is 1.30 bits per heavy atom. The van der Waals surface area contributed by atoms with Gasteiger partial charge in [-0.25, -0.2) is 13.4 Å². The number of nitrogens with zero attached hydrogens (tertiary/aromatic N) is 4. The van der Waals surface area contributed by atoms with Crippen LogP contribution in [0.1, 0.15) is 19.3 Å². The summed E-state index contributed by atoms with van der Waals surface area (Å²) in [5, 5.41) is 6.32. The van der Waals surface area contributed by atoms with E-state index in [9.17, 15) is 21.6 Å². The van der Waals surface area contributed by atoms with Gasteiger partial charge in [-0.15, -0.1) is 0 Å². The van der Waals surface area contributed by atoms with Crippen LogP contribution in [0, 0.1) is 5.92 Å². The molecular weight excluding hydrogens is 385 g/mol. The Labute approximate surface area is 156 Å². The van der Waals surface area contributed by atoms with Gasteiger partial charge in [0.15, 0.2) is 5.96 Å². The Hall–Kier alpha value is -1.82. The first-order valence-corrected chi connectivity index (χ1v) is 10.1. The lowest BCUT2D eigenvalue weighted by molar-refractivity contribution is -0.0496. The van der Waals surface area contributed by atoms with Gasteiger partial charge in [0.2, 0.25) is 0 Å². The molecule has 2 heterocycles. The summed E-state index contributed by atoms with van der Waals surface area (Å²) >= 11 is 0. The predicted molar refractivity (Wildman–Crippen MR) is 95.5 cm³/mol. The van der Waals surface area contributed by atoms with Crippen molar-refractivity contribution < 1.29 is 21.6 Å². The molecule has 1 saturated heterocycles. The number of rotatable bonds is 7. The first kappa shape index (κ1) is 21.5. The minimum Gasteiger partial charge on any atom is -0.356 e. The van der Waals surface area contributed by atoms with Crippen molar-refractivity contribution >= 4 is 16.0 Å². The van der Waals surface area contributed by atoms with E-state index in [4.69, 9.17) is 0 Å². The Balaban J connectivity index is 1.67. The number of guanidine groups is 1. The molecule has 0 saturated carbocycles. The van der Waals surface area contributed by atoms with Crippen LogP contribution >= 0.6 is 0 Å². The summed E-state index contributed by atoms with van der Waals surface area (Å²) in [6, 6.07) is 0. The molecule has 1 aliphatic heterocycles. The third-order valence-corrected chi connectivity index (χ3v) is 6.06. The van der Waals surface area contributed by atoms with Gasteiger partial charge in [0.05, 0.1) is 6.33 Å². The predicted octanol–water partition coefficient (Wildman–Crippen LogP) is 1.000. The molecule has 8 nitrogen and oxygen atoms in total. The van der Waals surface area contributed by atoms with E-state index < -0.39 is 15.5 Å². The molecule has 12 heteroatoms. The fraction of sp³-hybridized carbons (Fsp3) is 0.733.